The predicted octanol–water partition coefficient (Wildman–Crippen LogP) is 4.21. The summed E-state index contributed by atoms with van der Waals surface area (Å²) in [6.07, 6.45) is 3.55. The molecule has 4 heterocycles. The molecule has 0 bridgehead atoms. The maximum Gasteiger partial charge on any atom is 0.274 e. The number of amides is 1. The number of aryl methyl sites for hydroxylation is 2. The van der Waals surface area contributed by atoms with Crippen molar-refractivity contribution >= 4 is 38.6 Å². The Bertz CT molecular complexity index is 1450. The minimum Gasteiger partial charge on any atom is -0.361 e. The average molecular weight is 433 g/mol. The van der Waals surface area contributed by atoms with Crippen LogP contribution in [0.3, 0.4) is 0 Å². The van der Waals surface area contributed by atoms with Gasteiger partial charge in [0.15, 0.2) is 5.69 Å². The average Bonchev–Trinajstić information content (AvgIpc) is 3.45. The van der Waals surface area contributed by atoms with Gasteiger partial charge in [0.1, 0.15) is 26.6 Å². The molecule has 0 atom stereocenters. The van der Waals surface area contributed by atoms with Crippen molar-refractivity contribution in [3.8, 4) is 10.6 Å². The number of thiazole rings is 1. The van der Waals surface area contributed by atoms with Gasteiger partial charge in [0, 0.05) is 18.7 Å². The number of carbonyl (C=O) groups is 1. The van der Waals surface area contributed by atoms with E-state index in [0.717, 1.165) is 37.5 Å². The quantitative estimate of drug-likeness (QED) is 0.457. The van der Waals surface area contributed by atoms with Crippen LogP contribution in [0, 0.1) is 6.92 Å². The van der Waals surface area contributed by atoms with Crippen LogP contribution >= 0.6 is 11.3 Å². The van der Waals surface area contributed by atoms with Gasteiger partial charge in [0.2, 0.25) is 0 Å². The van der Waals surface area contributed by atoms with E-state index in [9.17, 15) is 4.79 Å². The number of pyridine rings is 1. The van der Waals surface area contributed by atoms with E-state index in [1.165, 1.54) is 11.3 Å². The SMILES string of the molecule is Cc1cc(C(=O)NC(C)(C)c2cccc(-c3nc4c(ncc5ncn(C)c54)s3)c2)no1. The molecule has 0 saturated carbocycles. The topological polar surface area (TPSA) is 98.7 Å². The number of imidazole rings is 1. The Morgan fingerprint density at radius 3 is 2.84 bits per heavy atom. The van der Waals surface area contributed by atoms with Crippen LogP contribution in [-0.4, -0.2) is 30.6 Å². The van der Waals surface area contributed by atoms with E-state index in [1.54, 1.807) is 25.5 Å². The van der Waals surface area contributed by atoms with Gasteiger partial charge < -0.3 is 14.4 Å². The Kier molecular flexibility index (Phi) is 4.37. The molecule has 0 radical (unpaired) electrons. The van der Waals surface area contributed by atoms with Crippen molar-refractivity contribution in [2.24, 2.45) is 7.05 Å². The molecule has 0 fully saturated rings. The van der Waals surface area contributed by atoms with Crippen LogP contribution in [-0.2, 0) is 12.6 Å². The van der Waals surface area contributed by atoms with E-state index >= 15 is 0 Å². The lowest BCUT2D eigenvalue weighted by molar-refractivity contribution is 0.0902. The Morgan fingerprint density at radius 1 is 1.23 bits per heavy atom. The number of rotatable bonds is 4. The highest BCUT2D eigenvalue weighted by molar-refractivity contribution is 7.21. The molecule has 0 saturated heterocycles. The molecule has 5 aromatic rings. The fraction of sp³-hybridized carbons (Fsp3) is 0.227. The summed E-state index contributed by atoms with van der Waals surface area (Å²) in [7, 11) is 1.95. The highest BCUT2D eigenvalue weighted by Crippen LogP contribution is 2.34. The number of hydrogen-bond acceptors (Lipinski definition) is 7. The molecule has 0 spiro atoms. The summed E-state index contributed by atoms with van der Waals surface area (Å²) in [6.45, 7) is 5.66. The lowest BCUT2D eigenvalue weighted by atomic mass is 9.92. The van der Waals surface area contributed by atoms with Crippen molar-refractivity contribution in [2.75, 3.05) is 0 Å². The molecular weight excluding hydrogens is 412 g/mol. The summed E-state index contributed by atoms with van der Waals surface area (Å²) >= 11 is 1.54. The van der Waals surface area contributed by atoms with E-state index < -0.39 is 5.54 Å². The first-order valence-electron chi connectivity index (χ1n) is 9.75. The Balaban J connectivity index is 1.50. The molecule has 0 aliphatic carbocycles. The van der Waals surface area contributed by atoms with Crippen molar-refractivity contribution in [1.82, 2.24) is 30.0 Å². The third kappa shape index (κ3) is 3.36. The van der Waals surface area contributed by atoms with Gasteiger partial charge in [0.25, 0.3) is 5.91 Å². The zero-order valence-corrected chi connectivity index (χ0v) is 18.3. The van der Waals surface area contributed by atoms with Crippen molar-refractivity contribution in [3.63, 3.8) is 0 Å². The minimum absolute atomic E-state index is 0.263. The minimum atomic E-state index is -0.621. The summed E-state index contributed by atoms with van der Waals surface area (Å²) in [5.74, 6) is 0.312. The molecule has 8 nitrogen and oxygen atoms in total. The molecule has 9 heteroatoms. The molecule has 0 aliphatic rings. The Labute approximate surface area is 181 Å². The van der Waals surface area contributed by atoms with E-state index in [-0.39, 0.29) is 11.6 Å². The molecule has 4 aromatic heterocycles. The predicted molar refractivity (Wildman–Crippen MR) is 119 cm³/mol. The number of nitrogens with zero attached hydrogens (tertiary/aromatic N) is 5. The standard InChI is InChI=1S/C22H20N6O2S/c1-12-8-15(27-30-12)19(29)26-22(2,3)14-7-5-6-13(9-14)20-25-17-18-16(24-11-28(18)4)10-23-21(17)31-20/h5-11H,1-4H3,(H,26,29). The molecule has 1 N–H and O–H groups in total. The van der Waals surface area contributed by atoms with Crippen LogP contribution in [0.2, 0.25) is 0 Å². The molecule has 0 unspecified atom stereocenters. The smallest absolute Gasteiger partial charge is 0.274 e. The summed E-state index contributed by atoms with van der Waals surface area (Å²) in [5, 5.41) is 7.70. The number of nitrogens with one attached hydrogen (secondary N) is 1. The second-order valence-corrected chi connectivity index (χ2v) is 8.98. The van der Waals surface area contributed by atoms with Crippen LogP contribution in [0.4, 0.5) is 0 Å². The Hall–Kier alpha value is -3.59. The Morgan fingerprint density at radius 2 is 2.06 bits per heavy atom. The maximum absolute atomic E-state index is 12.6. The van der Waals surface area contributed by atoms with Crippen LogP contribution < -0.4 is 5.32 Å². The lowest BCUT2D eigenvalue weighted by Crippen LogP contribution is -2.41. The molecule has 1 amide bonds. The summed E-state index contributed by atoms with van der Waals surface area (Å²) < 4.78 is 6.98. The molecule has 156 valence electrons. The van der Waals surface area contributed by atoms with Crippen molar-refractivity contribution in [1.29, 1.82) is 0 Å². The summed E-state index contributed by atoms with van der Waals surface area (Å²) in [4.78, 5) is 27.2. The lowest BCUT2D eigenvalue weighted by Gasteiger charge is -2.26. The first-order chi connectivity index (χ1) is 14.8. The highest BCUT2D eigenvalue weighted by Gasteiger charge is 2.26. The highest BCUT2D eigenvalue weighted by atomic mass is 32.1. The fourth-order valence-corrected chi connectivity index (χ4v) is 4.47. The zero-order valence-electron chi connectivity index (χ0n) is 17.5. The van der Waals surface area contributed by atoms with E-state index in [4.69, 9.17) is 9.51 Å². The van der Waals surface area contributed by atoms with Gasteiger partial charge in [-0.2, -0.15) is 0 Å². The first-order valence-corrected chi connectivity index (χ1v) is 10.6. The van der Waals surface area contributed by atoms with Gasteiger partial charge in [-0.15, -0.1) is 0 Å². The molecular formula is C22H20N6O2S. The normalized spacial score (nSPS) is 12.0. The van der Waals surface area contributed by atoms with Gasteiger partial charge in [-0.3, -0.25) is 4.79 Å². The van der Waals surface area contributed by atoms with Crippen LogP contribution in [0.15, 0.2) is 47.4 Å². The van der Waals surface area contributed by atoms with Gasteiger partial charge >= 0.3 is 0 Å². The number of carbonyl (C=O) groups excluding carboxylic acids is 1. The van der Waals surface area contributed by atoms with Gasteiger partial charge in [-0.1, -0.05) is 34.7 Å². The number of aromatic nitrogens is 5. The third-order valence-corrected chi connectivity index (χ3v) is 6.23. The van der Waals surface area contributed by atoms with E-state index in [2.05, 4.69) is 20.4 Å². The van der Waals surface area contributed by atoms with Gasteiger partial charge in [0.05, 0.1) is 23.6 Å². The fourth-order valence-electron chi connectivity index (χ4n) is 3.56. The monoisotopic (exact) mass is 432 g/mol. The number of fused-ring (bicyclic) bond motifs is 3. The second-order valence-electron chi connectivity index (χ2n) is 8.00. The van der Waals surface area contributed by atoms with Crippen LogP contribution in [0.5, 0.6) is 0 Å². The summed E-state index contributed by atoms with van der Waals surface area (Å²) in [6, 6.07) is 9.64. The summed E-state index contributed by atoms with van der Waals surface area (Å²) in [5.41, 5.74) is 4.21. The van der Waals surface area contributed by atoms with E-state index in [1.807, 2.05) is 49.7 Å². The van der Waals surface area contributed by atoms with Gasteiger partial charge in [-0.05, 0) is 32.4 Å². The largest absolute Gasteiger partial charge is 0.361 e. The van der Waals surface area contributed by atoms with Crippen LogP contribution in [0.25, 0.3) is 32.0 Å². The van der Waals surface area contributed by atoms with Crippen molar-refractivity contribution < 1.29 is 9.32 Å². The van der Waals surface area contributed by atoms with Crippen LogP contribution in [0.1, 0.15) is 35.7 Å². The molecule has 0 aliphatic heterocycles. The third-order valence-electron chi connectivity index (χ3n) is 5.22. The maximum atomic E-state index is 12.6. The van der Waals surface area contributed by atoms with Crippen molar-refractivity contribution in [3.05, 3.63) is 59.9 Å². The molecule has 1 aromatic carbocycles. The first kappa shape index (κ1) is 19.4. The number of benzene rings is 1. The van der Waals surface area contributed by atoms with E-state index in [0.29, 0.717) is 5.76 Å². The molecule has 5 rings (SSSR count). The second kappa shape index (κ2) is 6.98. The van der Waals surface area contributed by atoms with Crippen molar-refractivity contribution in [2.45, 2.75) is 26.3 Å². The number of hydrogen-bond donors (Lipinski definition) is 1. The van der Waals surface area contributed by atoms with Gasteiger partial charge in [-0.25, -0.2) is 15.0 Å². The zero-order chi connectivity index (χ0) is 21.8. The molecule has 31 heavy (non-hydrogen) atoms.